The van der Waals surface area contributed by atoms with Crippen molar-refractivity contribution in [2.75, 3.05) is 32.5 Å². The van der Waals surface area contributed by atoms with E-state index in [1.165, 1.54) is 0 Å². The van der Waals surface area contributed by atoms with Gasteiger partial charge in [-0.3, -0.25) is 10.1 Å². The van der Waals surface area contributed by atoms with E-state index in [1.807, 2.05) is 27.9 Å². The molecule has 0 aromatic heterocycles. The largest absolute Gasteiger partial charge is 0.484 e. The summed E-state index contributed by atoms with van der Waals surface area (Å²) in [7, 11) is 4.07. The molecular weight excluding hydrogens is 270 g/mol. The van der Waals surface area contributed by atoms with Crippen LogP contribution in [0.3, 0.4) is 0 Å². The number of nitrogens with one attached hydrogen (secondary N) is 1. The SMILES string of the molecule is CC(C)Oc1cccc(NCCCCN(C)C)c1[N+](=O)[O-]. The summed E-state index contributed by atoms with van der Waals surface area (Å²) in [6.45, 7) is 5.43. The van der Waals surface area contributed by atoms with Crippen LogP contribution in [-0.4, -0.2) is 43.1 Å². The highest BCUT2D eigenvalue weighted by molar-refractivity contribution is 5.68. The van der Waals surface area contributed by atoms with Gasteiger partial charge in [-0.25, -0.2) is 0 Å². The molecule has 0 unspecified atom stereocenters. The van der Waals surface area contributed by atoms with E-state index in [2.05, 4.69) is 10.2 Å². The number of rotatable bonds is 9. The molecule has 0 amide bonds. The third kappa shape index (κ3) is 5.99. The van der Waals surface area contributed by atoms with Gasteiger partial charge in [-0.15, -0.1) is 0 Å². The molecule has 0 heterocycles. The molecule has 0 saturated heterocycles. The van der Waals surface area contributed by atoms with Gasteiger partial charge in [-0.2, -0.15) is 0 Å². The minimum Gasteiger partial charge on any atom is -0.484 e. The Kier molecular flexibility index (Phi) is 6.94. The molecule has 0 atom stereocenters. The Morgan fingerprint density at radius 3 is 2.62 bits per heavy atom. The van der Waals surface area contributed by atoms with E-state index in [9.17, 15) is 10.1 Å². The molecule has 0 aliphatic rings. The van der Waals surface area contributed by atoms with E-state index < -0.39 is 0 Å². The van der Waals surface area contributed by atoms with E-state index in [0.29, 0.717) is 18.0 Å². The fourth-order valence-corrected chi connectivity index (χ4v) is 1.98. The maximum Gasteiger partial charge on any atom is 0.333 e. The van der Waals surface area contributed by atoms with Crippen LogP contribution in [0.4, 0.5) is 11.4 Å². The molecule has 21 heavy (non-hydrogen) atoms. The molecule has 118 valence electrons. The van der Waals surface area contributed by atoms with Gasteiger partial charge in [0.2, 0.25) is 0 Å². The second kappa shape index (κ2) is 8.46. The first kappa shape index (κ1) is 17.2. The Balaban J connectivity index is 2.70. The molecule has 6 nitrogen and oxygen atoms in total. The van der Waals surface area contributed by atoms with Crippen molar-refractivity contribution in [2.45, 2.75) is 32.8 Å². The number of benzene rings is 1. The maximum absolute atomic E-state index is 11.3. The molecule has 0 saturated carbocycles. The highest BCUT2D eigenvalue weighted by atomic mass is 16.6. The fraction of sp³-hybridized carbons (Fsp3) is 0.600. The molecule has 1 aromatic carbocycles. The van der Waals surface area contributed by atoms with E-state index in [0.717, 1.165) is 19.4 Å². The van der Waals surface area contributed by atoms with Crippen molar-refractivity contribution in [3.63, 3.8) is 0 Å². The summed E-state index contributed by atoms with van der Waals surface area (Å²) in [4.78, 5) is 13.0. The summed E-state index contributed by atoms with van der Waals surface area (Å²) < 4.78 is 5.52. The normalized spacial score (nSPS) is 11.0. The molecule has 0 radical (unpaired) electrons. The van der Waals surface area contributed by atoms with E-state index in [4.69, 9.17) is 4.74 Å². The van der Waals surface area contributed by atoms with Crippen LogP contribution in [-0.2, 0) is 0 Å². The molecule has 1 N–H and O–H groups in total. The van der Waals surface area contributed by atoms with Crippen molar-refractivity contribution in [3.8, 4) is 5.75 Å². The van der Waals surface area contributed by atoms with Gasteiger partial charge in [0.1, 0.15) is 5.69 Å². The molecule has 0 aliphatic heterocycles. The first-order valence-corrected chi connectivity index (χ1v) is 7.24. The average Bonchev–Trinajstić information content (AvgIpc) is 2.36. The smallest absolute Gasteiger partial charge is 0.333 e. The van der Waals surface area contributed by atoms with Crippen LogP contribution in [0.1, 0.15) is 26.7 Å². The third-order valence-corrected chi connectivity index (χ3v) is 2.89. The first-order valence-electron chi connectivity index (χ1n) is 7.24. The Morgan fingerprint density at radius 1 is 1.33 bits per heavy atom. The van der Waals surface area contributed by atoms with Crippen molar-refractivity contribution in [1.29, 1.82) is 0 Å². The summed E-state index contributed by atoms with van der Waals surface area (Å²) in [5.41, 5.74) is 0.529. The second-order valence-electron chi connectivity index (χ2n) is 5.51. The Morgan fingerprint density at radius 2 is 2.05 bits per heavy atom. The van der Waals surface area contributed by atoms with Gasteiger partial charge in [0, 0.05) is 6.54 Å². The average molecular weight is 295 g/mol. The summed E-state index contributed by atoms with van der Waals surface area (Å²) >= 11 is 0. The fourth-order valence-electron chi connectivity index (χ4n) is 1.98. The van der Waals surface area contributed by atoms with Gasteiger partial charge in [0.25, 0.3) is 0 Å². The second-order valence-corrected chi connectivity index (χ2v) is 5.51. The lowest BCUT2D eigenvalue weighted by Crippen LogP contribution is -2.14. The number of hydrogen-bond acceptors (Lipinski definition) is 5. The molecule has 0 bridgehead atoms. The number of hydrogen-bond donors (Lipinski definition) is 1. The number of ether oxygens (including phenoxy) is 1. The number of nitrogens with zero attached hydrogens (tertiary/aromatic N) is 2. The number of unbranched alkanes of at least 4 members (excludes halogenated alkanes) is 1. The minimum absolute atomic E-state index is 0.0128. The predicted molar refractivity (Wildman–Crippen MR) is 85.1 cm³/mol. The molecule has 0 fully saturated rings. The quantitative estimate of drug-likeness (QED) is 0.430. The third-order valence-electron chi connectivity index (χ3n) is 2.89. The number of nitro benzene ring substituents is 1. The van der Waals surface area contributed by atoms with Gasteiger partial charge in [0.15, 0.2) is 5.75 Å². The molecular formula is C15H25N3O3. The van der Waals surface area contributed by atoms with E-state index in [1.54, 1.807) is 18.2 Å². The zero-order valence-corrected chi connectivity index (χ0v) is 13.3. The topological polar surface area (TPSA) is 67.6 Å². The highest BCUT2D eigenvalue weighted by Crippen LogP contribution is 2.35. The van der Waals surface area contributed by atoms with Crippen molar-refractivity contribution in [2.24, 2.45) is 0 Å². The number of para-hydroxylation sites is 1. The number of anilines is 1. The van der Waals surface area contributed by atoms with Gasteiger partial charge < -0.3 is 15.0 Å². The minimum atomic E-state index is -0.389. The van der Waals surface area contributed by atoms with Crippen molar-refractivity contribution in [1.82, 2.24) is 4.90 Å². The monoisotopic (exact) mass is 295 g/mol. The number of nitro groups is 1. The zero-order valence-electron chi connectivity index (χ0n) is 13.3. The van der Waals surface area contributed by atoms with Crippen LogP contribution in [0.15, 0.2) is 18.2 Å². The van der Waals surface area contributed by atoms with Gasteiger partial charge in [-0.1, -0.05) is 6.07 Å². The maximum atomic E-state index is 11.3. The highest BCUT2D eigenvalue weighted by Gasteiger charge is 2.21. The van der Waals surface area contributed by atoms with Crippen LogP contribution in [0, 0.1) is 10.1 Å². The summed E-state index contributed by atoms with van der Waals surface area (Å²) in [5, 5.41) is 14.4. The van der Waals surface area contributed by atoms with Gasteiger partial charge >= 0.3 is 5.69 Å². The predicted octanol–water partition coefficient (Wildman–Crippen LogP) is 3.14. The van der Waals surface area contributed by atoms with Crippen molar-refractivity contribution in [3.05, 3.63) is 28.3 Å². The summed E-state index contributed by atoms with van der Waals surface area (Å²) in [6, 6.07) is 5.12. The van der Waals surface area contributed by atoms with Crippen molar-refractivity contribution >= 4 is 11.4 Å². The Labute approximate surface area is 126 Å². The lowest BCUT2D eigenvalue weighted by atomic mass is 10.2. The standard InChI is InChI=1S/C15H25N3O3/c1-12(2)21-14-9-7-8-13(15(14)18(19)20)16-10-5-6-11-17(3)4/h7-9,12,16H,5-6,10-11H2,1-4H3. The van der Waals surface area contributed by atoms with Crippen LogP contribution in [0.25, 0.3) is 0 Å². The molecule has 0 aliphatic carbocycles. The molecule has 0 spiro atoms. The van der Waals surface area contributed by atoms with Crippen LogP contribution < -0.4 is 10.1 Å². The molecule has 1 aromatic rings. The lowest BCUT2D eigenvalue weighted by Gasteiger charge is -2.13. The van der Waals surface area contributed by atoms with E-state index in [-0.39, 0.29) is 16.7 Å². The first-order chi connectivity index (χ1) is 9.91. The van der Waals surface area contributed by atoms with Crippen LogP contribution in [0.5, 0.6) is 5.75 Å². The summed E-state index contributed by atoms with van der Waals surface area (Å²) in [5.74, 6) is 0.313. The van der Waals surface area contributed by atoms with Gasteiger partial charge in [0.05, 0.1) is 11.0 Å². The lowest BCUT2D eigenvalue weighted by molar-refractivity contribution is -0.385. The molecule has 1 rings (SSSR count). The summed E-state index contributed by atoms with van der Waals surface area (Å²) in [6.07, 6.45) is 1.92. The Bertz CT molecular complexity index is 461. The molecule has 6 heteroatoms. The van der Waals surface area contributed by atoms with E-state index >= 15 is 0 Å². The zero-order chi connectivity index (χ0) is 15.8. The van der Waals surface area contributed by atoms with Crippen LogP contribution in [0.2, 0.25) is 0 Å². The van der Waals surface area contributed by atoms with Crippen LogP contribution >= 0.6 is 0 Å². The van der Waals surface area contributed by atoms with Gasteiger partial charge in [-0.05, 0) is 59.5 Å². The van der Waals surface area contributed by atoms with Crippen molar-refractivity contribution < 1.29 is 9.66 Å². The Hall–Kier alpha value is -1.82.